The van der Waals surface area contributed by atoms with E-state index >= 15 is 0 Å². The van der Waals surface area contributed by atoms with Crippen molar-refractivity contribution >= 4 is 11.5 Å². The molecule has 0 saturated carbocycles. The van der Waals surface area contributed by atoms with Crippen LogP contribution >= 0.6 is 0 Å². The second-order valence-electron chi connectivity index (χ2n) is 4.42. The zero-order chi connectivity index (χ0) is 15.4. The molecule has 4 N–H and O–H groups in total. The van der Waals surface area contributed by atoms with E-state index in [0.717, 1.165) is 0 Å². The lowest BCUT2D eigenvalue weighted by atomic mass is 10.00. The molecule has 106 valence electrons. The van der Waals surface area contributed by atoms with Crippen molar-refractivity contribution in [1.82, 2.24) is 10.2 Å². The molecule has 0 saturated heterocycles. The minimum atomic E-state index is -0.748. The van der Waals surface area contributed by atoms with Crippen molar-refractivity contribution < 1.29 is 9.18 Å². The van der Waals surface area contributed by atoms with Crippen LogP contribution in [0.15, 0.2) is 36.7 Å². The number of halogens is 1. The highest BCUT2D eigenvalue weighted by atomic mass is 19.1. The Morgan fingerprint density at radius 3 is 2.71 bits per heavy atom. The monoisotopic (exact) mass is 284 g/mol. The summed E-state index contributed by atoms with van der Waals surface area (Å²) < 4.78 is 14.0. The first-order valence-corrected chi connectivity index (χ1v) is 6.13. The number of aromatic nitrogens is 2. The number of aromatic amines is 2. The number of hydrogen-bond acceptors (Lipinski definition) is 3. The molecular formula is C15H13FN4O. The largest absolute Gasteiger partial charge is 0.396 e. The molecular weight excluding hydrogens is 271 g/mol. The number of nitrogens with zero attached hydrogens (tertiary/aromatic N) is 1. The summed E-state index contributed by atoms with van der Waals surface area (Å²) in [5, 5.41) is 14.2. The smallest absolute Gasteiger partial charge is 0.197 e. The van der Waals surface area contributed by atoms with Crippen molar-refractivity contribution in [3.05, 3.63) is 64.7 Å². The molecule has 6 heteroatoms. The Morgan fingerprint density at radius 2 is 2.00 bits per heavy atom. The maximum absolute atomic E-state index is 14.0. The molecule has 2 aromatic rings. The Hall–Kier alpha value is -3.07. The average molecular weight is 284 g/mol. The molecule has 0 aliphatic rings. The molecule has 0 aliphatic carbocycles. The SMILES string of the molecule is Cc1cc(C#N)c[nH][nH]cc1C(=O)c1cccc(N)c1F. The Balaban J connectivity index is 2.62. The van der Waals surface area contributed by atoms with E-state index in [-0.39, 0.29) is 16.8 Å². The van der Waals surface area contributed by atoms with Crippen molar-refractivity contribution in [2.75, 3.05) is 5.73 Å². The Labute approximate surface area is 120 Å². The van der Waals surface area contributed by atoms with E-state index in [1.807, 2.05) is 6.07 Å². The molecule has 1 aromatic carbocycles. The van der Waals surface area contributed by atoms with Gasteiger partial charge in [0, 0.05) is 18.0 Å². The highest BCUT2D eigenvalue weighted by molar-refractivity contribution is 6.10. The van der Waals surface area contributed by atoms with Crippen molar-refractivity contribution in [3.63, 3.8) is 0 Å². The molecule has 5 nitrogen and oxygen atoms in total. The Kier molecular flexibility index (Phi) is 4.05. The van der Waals surface area contributed by atoms with Crippen LogP contribution in [-0.2, 0) is 0 Å². The summed E-state index contributed by atoms with van der Waals surface area (Å²) in [6.45, 7) is 1.67. The van der Waals surface area contributed by atoms with Gasteiger partial charge < -0.3 is 15.9 Å². The number of anilines is 1. The van der Waals surface area contributed by atoms with Crippen LogP contribution in [0.2, 0.25) is 0 Å². The van der Waals surface area contributed by atoms with Gasteiger partial charge in [0.25, 0.3) is 0 Å². The standard InChI is InChI=1S/C15H13FN4O/c1-9-5-10(6-17)7-19-20-8-12(9)15(21)11-3-2-4-13(18)14(11)16/h2-5,7-8,19-20H,18H2,1H3. The number of carbonyl (C=O) groups is 1. The number of nitrogens with two attached hydrogens (primary N) is 1. The molecule has 0 aliphatic heterocycles. The Morgan fingerprint density at radius 1 is 1.29 bits per heavy atom. The summed E-state index contributed by atoms with van der Waals surface area (Å²) >= 11 is 0. The van der Waals surface area contributed by atoms with Crippen molar-refractivity contribution in [3.8, 4) is 6.07 Å². The number of nitrogen functional groups attached to an aromatic ring is 1. The van der Waals surface area contributed by atoms with E-state index in [1.165, 1.54) is 30.6 Å². The van der Waals surface area contributed by atoms with Gasteiger partial charge in [-0.25, -0.2) is 4.39 Å². The lowest BCUT2D eigenvalue weighted by Crippen LogP contribution is -2.08. The van der Waals surface area contributed by atoms with Crippen LogP contribution in [0.1, 0.15) is 27.0 Å². The third kappa shape index (κ3) is 2.92. The number of ketones is 1. The second-order valence-corrected chi connectivity index (χ2v) is 4.42. The van der Waals surface area contributed by atoms with Crippen molar-refractivity contribution in [1.29, 1.82) is 5.26 Å². The van der Waals surface area contributed by atoms with Crippen LogP contribution < -0.4 is 5.73 Å². The van der Waals surface area contributed by atoms with E-state index in [2.05, 4.69) is 10.2 Å². The molecule has 2 rings (SSSR count). The summed E-state index contributed by atoms with van der Waals surface area (Å²) in [5.74, 6) is -1.26. The summed E-state index contributed by atoms with van der Waals surface area (Å²) in [7, 11) is 0. The highest BCUT2D eigenvalue weighted by Gasteiger charge is 2.17. The average Bonchev–Trinajstić information content (AvgIpc) is 2.45. The molecule has 0 fully saturated rings. The zero-order valence-corrected chi connectivity index (χ0v) is 11.3. The van der Waals surface area contributed by atoms with Crippen LogP contribution in [0.3, 0.4) is 0 Å². The van der Waals surface area contributed by atoms with Gasteiger partial charge in [-0.1, -0.05) is 6.07 Å². The molecule has 0 unspecified atom stereocenters. The van der Waals surface area contributed by atoms with E-state index in [4.69, 9.17) is 11.0 Å². The number of nitrogens with one attached hydrogen (secondary N) is 2. The maximum Gasteiger partial charge on any atom is 0.197 e. The van der Waals surface area contributed by atoms with Gasteiger partial charge in [0.05, 0.1) is 16.8 Å². The minimum absolute atomic E-state index is 0.0855. The summed E-state index contributed by atoms with van der Waals surface area (Å²) in [5.41, 5.74) is 6.41. The predicted molar refractivity (Wildman–Crippen MR) is 76.5 cm³/mol. The molecule has 0 bridgehead atoms. The number of hydrogen-bond donors (Lipinski definition) is 3. The van der Waals surface area contributed by atoms with Crippen LogP contribution in [0.25, 0.3) is 0 Å². The maximum atomic E-state index is 14.0. The van der Waals surface area contributed by atoms with Gasteiger partial charge in [-0.3, -0.25) is 4.79 Å². The fourth-order valence-electron chi connectivity index (χ4n) is 1.88. The minimum Gasteiger partial charge on any atom is -0.396 e. The van der Waals surface area contributed by atoms with Crippen molar-refractivity contribution in [2.24, 2.45) is 0 Å². The molecule has 0 spiro atoms. The van der Waals surface area contributed by atoms with E-state index in [0.29, 0.717) is 11.1 Å². The number of aryl methyl sites for hydroxylation is 1. The summed E-state index contributed by atoms with van der Waals surface area (Å²) in [6, 6.07) is 7.79. The van der Waals surface area contributed by atoms with E-state index in [9.17, 15) is 9.18 Å². The molecule has 0 radical (unpaired) electrons. The van der Waals surface area contributed by atoms with Gasteiger partial charge in [-0.05, 0) is 30.7 Å². The topological polar surface area (TPSA) is 98.5 Å². The number of carbonyl (C=O) groups excluding carboxylic acids is 1. The molecule has 1 aromatic heterocycles. The molecule has 1 heterocycles. The molecule has 21 heavy (non-hydrogen) atoms. The molecule has 0 amide bonds. The van der Waals surface area contributed by atoms with Crippen LogP contribution in [0.5, 0.6) is 0 Å². The summed E-state index contributed by atoms with van der Waals surface area (Å²) in [4.78, 5) is 12.5. The van der Waals surface area contributed by atoms with Crippen molar-refractivity contribution in [2.45, 2.75) is 6.92 Å². The Bertz CT molecular complexity index is 781. The van der Waals surface area contributed by atoms with Gasteiger partial charge >= 0.3 is 0 Å². The number of rotatable bonds is 2. The highest BCUT2D eigenvalue weighted by Crippen LogP contribution is 2.19. The van der Waals surface area contributed by atoms with Gasteiger partial charge in [-0.2, -0.15) is 5.26 Å². The molecule has 0 atom stereocenters. The van der Waals surface area contributed by atoms with Gasteiger partial charge in [0.1, 0.15) is 6.07 Å². The fraction of sp³-hybridized carbons (Fsp3) is 0.0667. The lowest BCUT2D eigenvalue weighted by Gasteiger charge is -2.06. The number of H-pyrrole nitrogens is 2. The first-order valence-electron chi connectivity index (χ1n) is 6.13. The van der Waals surface area contributed by atoms with E-state index < -0.39 is 11.6 Å². The van der Waals surface area contributed by atoms with Gasteiger partial charge in [0.2, 0.25) is 0 Å². The first-order chi connectivity index (χ1) is 10.0. The van der Waals surface area contributed by atoms with Gasteiger partial charge in [-0.15, -0.1) is 0 Å². The predicted octanol–water partition coefficient (Wildman–Crippen LogP) is 2.60. The normalized spacial score (nSPS) is 9.76. The zero-order valence-electron chi connectivity index (χ0n) is 11.3. The lowest BCUT2D eigenvalue weighted by molar-refractivity contribution is 0.103. The summed E-state index contributed by atoms with van der Waals surface area (Å²) in [6.07, 6.45) is 2.88. The number of benzene rings is 1. The number of nitriles is 1. The van der Waals surface area contributed by atoms with E-state index in [1.54, 1.807) is 13.0 Å². The second kappa shape index (κ2) is 5.92. The fourth-order valence-corrected chi connectivity index (χ4v) is 1.88. The van der Waals surface area contributed by atoms with Crippen LogP contribution in [0.4, 0.5) is 10.1 Å². The third-order valence-electron chi connectivity index (χ3n) is 2.97. The van der Waals surface area contributed by atoms with Crippen LogP contribution in [0, 0.1) is 24.1 Å². The van der Waals surface area contributed by atoms with Crippen LogP contribution in [-0.4, -0.2) is 16.0 Å². The first kappa shape index (κ1) is 14.3. The quantitative estimate of drug-likeness (QED) is 0.584. The third-order valence-corrected chi connectivity index (χ3v) is 2.97. The van der Waals surface area contributed by atoms with Gasteiger partial charge in [0.15, 0.2) is 11.6 Å².